The van der Waals surface area contributed by atoms with Crippen LogP contribution < -0.4 is 0 Å². The van der Waals surface area contributed by atoms with Gasteiger partial charge in [-0.2, -0.15) is 0 Å². The number of nitrogens with zero attached hydrogens (tertiary/aromatic N) is 1. The summed E-state index contributed by atoms with van der Waals surface area (Å²) in [5.74, 6) is 0. The molecular formula is C12H17NO2S. The lowest BCUT2D eigenvalue weighted by molar-refractivity contribution is -0.0174. The van der Waals surface area contributed by atoms with Crippen LogP contribution in [0.1, 0.15) is 16.5 Å². The quantitative estimate of drug-likeness (QED) is 0.784. The van der Waals surface area contributed by atoms with E-state index >= 15 is 0 Å². The van der Waals surface area contributed by atoms with E-state index in [2.05, 4.69) is 16.3 Å². The Morgan fingerprint density at radius 1 is 1.31 bits per heavy atom. The Morgan fingerprint density at radius 2 is 2.19 bits per heavy atom. The number of ether oxygens (including phenoxy) is 2. The highest BCUT2D eigenvalue weighted by atomic mass is 32.1. The van der Waals surface area contributed by atoms with Crippen molar-refractivity contribution < 1.29 is 9.47 Å². The van der Waals surface area contributed by atoms with Crippen molar-refractivity contribution in [2.75, 3.05) is 39.5 Å². The van der Waals surface area contributed by atoms with Gasteiger partial charge in [-0.1, -0.05) is 0 Å². The van der Waals surface area contributed by atoms with E-state index in [4.69, 9.17) is 9.47 Å². The monoisotopic (exact) mass is 239 g/mol. The molecule has 2 aliphatic rings. The molecule has 0 N–H and O–H groups in total. The Bertz CT molecular complexity index is 347. The standard InChI is InChI=1S/C12H17NO2S/c1-5-15-11(10-2-8-16-12(1)10)9-13-3-6-14-7-4-13/h2,8,11H,1,3-7,9H2. The summed E-state index contributed by atoms with van der Waals surface area (Å²) in [6, 6.07) is 2.23. The fraction of sp³-hybridized carbons (Fsp3) is 0.667. The second kappa shape index (κ2) is 4.84. The van der Waals surface area contributed by atoms with Gasteiger partial charge in [-0.15, -0.1) is 11.3 Å². The van der Waals surface area contributed by atoms with Crippen molar-refractivity contribution in [1.82, 2.24) is 4.90 Å². The molecule has 0 saturated carbocycles. The van der Waals surface area contributed by atoms with E-state index in [0.717, 1.165) is 45.9 Å². The molecule has 0 aliphatic carbocycles. The minimum atomic E-state index is 0.285. The predicted molar refractivity (Wildman–Crippen MR) is 64.0 cm³/mol. The molecule has 88 valence electrons. The van der Waals surface area contributed by atoms with E-state index in [-0.39, 0.29) is 6.10 Å². The molecule has 0 bridgehead atoms. The molecule has 3 rings (SSSR count). The Kier molecular flexibility index (Phi) is 3.24. The van der Waals surface area contributed by atoms with Crippen molar-refractivity contribution in [3.05, 3.63) is 21.9 Å². The Morgan fingerprint density at radius 3 is 3.06 bits per heavy atom. The zero-order chi connectivity index (χ0) is 10.8. The fourth-order valence-corrected chi connectivity index (χ4v) is 3.31. The highest BCUT2D eigenvalue weighted by molar-refractivity contribution is 7.10. The number of fused-ring (bicyclic) bond motifs is 1. The minimum Gasteiger partial charge on any atom is -0.379 e. The molecular weight excluding hydrogens is 222 g/mol. The molecule has 3 heterocycles. The number of rotatable bonds is 2. The topological polar surface area (TPSA) is 21.7 Å². The third-order valence-electron chi connectivity index (χ3n) is 3.30. The lowest BCUT2D eigenvalue weighted by Crippen LogP contribution is -2.40. The van der Waals surface area contributed by atoms with E-state index in [1.165, 1.54) is 10.4 Å². The zero-order valence-electron chi connectivity index (χ0n) is 9.35. The minimum absolute atomic E-state index is 0.285. The number of thiophene rings is 1. The van der Waals surface area contributed by atoms with Crippen LogP contribution in [0.25, 0.3) is 0 Å². The molecule has 0 aromatic carbocycles. The lowest BCUT2D eigenvalue weighted by Gasteiger charge is -2.32. The SMILES string of the molecule is c1cc2c(s1)CCOC2CN1CCOCC1. The molecule has 1 aromatic rings. The van der Waals surface area contributed by atoms with Gasteiger partial charge in [-0.05, 0) is 17.0 Å². The Balaban J connectivity index is 1.67. The van der Waals surface area contributed by atoms with E-state index in [1.54, 1.807) is 0 Å². The maximum Gasteiger partial charge on any atom is 0.0962 e. The van der Waals surface area contributed by atoms with Crippen LogP contribution in [0, 0.1) is 0 Å². The van der Waals surface area contributed by atoms with Crippen LogP contribution in [0.15, 0.2) is 11.4 Å². The lowest BCUT2D eigenvalue weighted by atomic mass is 10.1. The molecule has 16 heavy (non-hydrogen) atoms. The molecule has 1 aromatic heterocycles. The van der Waals surface area contributed by atoms with Crippen LogP contribution in [0.3, 0.4) is 0 Å². The number of morpholine rings is 1. The first-order valence-corrected chi connectivity index (χ1v) is 6.79. The summed E-state index contributed by atoms with van der Waals surface area (Å²) in [5.41, 5.74) is 1.42. The van der Waals surface area contributed by atoms with Gasteiger partial charge in [0.25, 0.3) is 0 Å². The average molecular weight is 239 g/mol. The van der Waals surface area contributed by atoms with Crippen LogP contribution in [0.2, 0.25) is 0 Å². The van der Waals surface area contributed by atoms with Crippen LogP contribution in [-0.4, -0.2) is 44.4 Å². The Hall–Kier alpha value is -0.420. The summed E-state index contributed by atoms with van der Waals surface area (Å²) in [4.78, 5) is 3.96. The van der Waals surface area contributed by atoms with Crippen molar-refractivity contribution in [3.8, 4) is 0 Å². The van der Waals surface area contributed by atoms with Gasteiger partial charge in [-0.3, -0.25) is 4.90 Å². The molecule has 2 aliphatic heterocycles. The molecule has 0 radical (unpaired) electrons. The third kappa shape index (κ3) is 2.15. The first-order valence-electron chi connectivity index (χ1n) is 5.91. The second-order valence-electron chi connectivity index (χ2n) is 4.32. The maximum atomic E-state index is 5.89. The summed E-state index contributed by atoms with van der Waals surface area (Å²) in [5, 5.41) is 2.19. The maximum absolute atomic E-state index is 5.89. The van der Waals surface area contributed by atoms with E-state index in [0.29, 0.717) is 0 Å². The van der Waals surface area contributed by atoms with Crippen LogP contribution in [-0.2, 0) is 15.9 Å². The molecule has 4 heteroatoms. The van der Waals surface area contributed by atoms with Crippen molar-refractivity contribution >= 4 is 11.3 Å². The molecule has 3 nitrogen and oxygen atoms in total. The van der Waals surface area contributed by atoms with E-state index in [1.807, 2.05) is 11.3 Å². The van der Waals surface area contributed by atoms with Crippen molar-refractivity contribution in [1.29, 1.82) is 0 Å². The summed E-state index contributed by atoms with van der Waals surface area (Å²) >= 11 is 1.87. The first-order chi connectivity index (χ1) is 7.93. The zero-order valence-corrected chi connectivity index (χ0v) is 10.2. The van der Waals surface area contributed by atoms with Gasteiger partial charge in [0, 0.05) is 30.9 Å². The average Bonchev–Trinajstić information content (AvgIpc) is 2.80. The largest absolute Gasteiger partial charge is 0.379 e. The highest BCUT2D eigenvalue weighted by Gasteiger charge is 2.24. The normalized spacial score (nSPS) is 26.6. The number of hydrogen-bond acceptors (Lipinski definition) is 4. The molecule has 1 atom stereocenters. The summed E-state index contributed by atoms with van der Waals surface area (Å²) < 4.78 is 11.3. The summed E-state index contributed by atoms with van der Waals surface area (Å²) in [6.45, 7) is 5.71. The van der Waals surface area contributed by atoms with Gasteiger partial charge < -0.3 is 9.47 Å². The smallest absolute Gasteiger partial charge is 0.0962 e. The van der Waals surface area contributed by atoms with Gasteiger partial charge in [0.1, 0.15) is 0 Å². The van der Waals surface area contributed by atoms with E-state index < -0.39 is 0 Å². The summed E-state index contributed by atoms with van der Waals surface area (Å²) in [6.07, 6.45) is 1.38. The molecule has 0 amide bonds. The summed E-state index contributed by atoms with van der Waals surface area (Å²) in [7, 11) is 0. The van der Waals surface area contributed by atoms with Crippen molar-refractivity contribution in [3.63, 3.8) is 0 Å². The van der Waals surface area contributed by atoms with Gasteiger partial charge in [0.15, 0.2) is 0 Å². The Labute approximate surface area is 100.0 Å². The van der Waals surface area contributed by atoms with Gasteiger partial charge >= 0.3 is 0 Å². The van der Waals surface area contributed by atoms with E-state index in [9.17, 15) is 0 Å². The first kappa shape index (κ1) is 10.7. The van der Waals surface area contributed by atoms with Gasteiger partial charge in [0.05, 0.1) is 25.9 Å². The molecule has 0 spiro atoms. The molecule has 1 saturated heterocycles. The fourth-order valence-electron chi connectivity index (χ4n) is 2.39. The predicted octanol–water partition coefficient (Wildman–Crippen LogP) is 1.69. The third-order valence-corrected chi connectivity index (χ3v) is 4.30. The number of hydrogen-bond donors (Lipinski definition) is 0. The van der Waals surface area contributed by atoms with Crippen molar-refractivity contribution in [2.45, 2.75) is 12.5 Å². The highest BCUT2D eigenvalue weighted by Crippen LogP contribution is 2.31. The van der Waals surface area contributed by atoms with Crippen LogP contribution in [0.4, 0.5) is 0 Å². The van der Waals surface area contributed by atoms with Gasteiger partial charge in [-0.25, -0.2) is 0 Å². The van der Waals surface area contributed by atoms with Crippen LogP contribution >= 0.6 is 11.3 Å². The molecule has 1 fully saturated rings. The van der Waals surface area contributed by atoms with Crippen molar-refractivity contribution in [2.24, 2.45) is 0 Å². The van der Waals surface area contributed by atoms with Crippen LogP contribution in [0.5, 0.6) is 0 Å². The molecule has 1 unspecified atom stereocenters. The van der Waals surface area contributed by atoms with Gasteiger partial charge in [0.2, 0.25) is 0 Å². The second-order valence-corrected chi connectivity index (χ2v) is 5.32.